The summed E-state index contributed by atoms with van der Waals surface area (Å²) in [5, 5.41) is 8.71. The molecular formula is C19H29NO3. The van der Waals surface area contributed by atoms with Gasteiger partial charge in [0.15, 0.2) is 0 Å². The van der Waals surface area contributed by atoms with Crippen LogP contribution >= 0.6 is 0 Å². The monoisotopic (exact) mass is 319 g/mol. The number of ether oxygens (including phenoxy) is 1. The number of hydrogen-bond acceptors (Lipinski definition) is 3. The van der Waals surface area contributed by atoms with E-state index in [9.17, 15) is 4.79 Å². The van der Waals surface area contributed by atoms with Crippen molar-refractivity contribution in [2.45, 2.75) is 45.4 Å². The van der Waals surface area contributed by atoms with Gasteiger partial charge in [-0.2, -0.15) is 0 Å². The molecule has 0 amide bonds. The molecule has 1 fully saturated rings. The van der Waals surface area contributed by atoms with Crippen molar-refractivity contribution in [1.29, 1.82) is 0 Å². The summed E-state index contributed by atoms with van der Waals surface area (Å²) < 4.78 is 5.86. The molecule has 0 saturated carbocycles. The second-order valence-electron chi connectivity index (χ2n) is 6.91. The third-order valence-corrected chi connectivity index (χ3v) is 4.37. The van der Waals surface area contributed by atoms with Crippen LogP contribution < -0.4 is 4.74 Å². The summed E-state index contributed by atoms with van der Waals surface area (Å²) in [5.41, 5.74) is 1.30. The zero-order valence-electron chi connectivity index (χ0n) is 14.3. The second kappa shape index (κ2) is 8.92. The Hall–Kier alpha value is -1.55. The van der Waals surface area contributed by atoms with Gasteiger partial charge in [-0.25, -0.2) is 0 Å². The van der Waals surface area contributed by atoms with Gasteiger partial charge in [0, 0.05) is 25.6 Å². The molecule has 1 aromatic carbocycles. The Morgan fingerprint density at radius 3 is 2.83 bits per heavy atom. The summed E-state index contributed by atoms with van der Waals surface area (Å²) >= 11 is 0. The smallest absolute Gasteiger partial charge is 0.304 e. The number of nitrogens with zero attached hydrogens (tertiary/aromatic N) is 1. The van der Waals surface area contributed by atoms with Crippen LogP contribution in [-0.2, 0) is 4.79 Å². The van der Waals surface area contributed by atoms with E-state index in [4.69, 9.17) is 9.84 Å². The highest BCUT2D eigenvalue weighted by Gasteiger charge is 2.28. The van der Waals surface area contributed by atoms with E-state index in [0.29, 0.717) is 12.5 Å². The third-order valence-electron chi connectivity index (χ3n) is 4.37. The maximum absolute atomic E-state index is 10.6. The van der Waals surface area contributed by atoms with E-state index >= 15 is 0 Å². The lowest BCUT2D eigenvalue weighted by Gasteiger charge is -2.39. The highest BCUT2D eigenvalue weighted by Crippen LogP contribution is 2.29. The number of unbranched alkanes of at least 4 members (excludes halogenated alkanes) is 1. The summed E-state index contributed by atoms with van der Waals surface area (Å²) in [6.07, 6.45) is 3.82. The normalized spacial score (nSPS) is 15.6. The van der Waals surface area contributed by atoms with Crippen molar-refractivity contribution >= 4 is 5.97 Å². The van der Waals surface area contributed by atoms with Crippen molar-refractivity contribution in [2.75, 3.05) is 26.2 Å². The van der Waals surface area contributed by atoms with Crippen LogP contribution in [0.3, 0.4) is 0 Å². The van der Waals surface area contributed by atoms with Crippen molar-refractivity contribution in [3.8, 4) is 5.75 Å². The molecule has 1 N–H and O–H groups in total. The van der Waals surface area contributed by atoms with Gasteiger partial charge in [-0.3, -0.25) is 4.79 Å². The summed E-state index contributed by atoms with van der Waals surface area (Å²) in [4.78, 5) is 12.8. The van der Waals surface area contributed by atoms with Crippen molar-refractivity contribution in [3.05, 3.63) is 29.8 Å². The van der Waals surface area contributed by atoms with Gasteiger partial charge in [0.25, 0.3) is 0 Å². The Labute approximate surface area is 139 Å². The van der Waals surface area contributed by atoms with Crippen LogP contribution in [0.25, 0.3) is 0 Å². The standard InChI is InChI=1S/C19H29NO3/c1-15(2)6-3-4-11-23-18-8-5-7-16(12-18)17-13-20(14-17)10-9-19(21)22/h5,7-8,12,15,17H,3-4,6,9-11,13-14H2,1-2H3,(H,21,22). The Bertz CT molecular complexity index is 495. The Balaban J connectivity index is 1.70. The first kappa shape index (κ1) is 17.8. The molecule has 2 rings (SSSR count). The van der Waals surface area contributed by atoms with E-state index in [2.05, 4.69) is 36.9 Å². The quantitative estimate of drug-likeness (QED) is 0.667. The number of benzene rings is 1. The first-order valence-electron chi connectivity index (χ1n) is 8.71. The lowest BCUT2D eigenvalue weighted by Crippen LogP contribution is -2.45. The van der Waals surface area contributed by atoms with Crippen molar-refractivity contribution in [1.82, 2.24) is 4.90 Å². The first-order valence-corrected chi connectivity index (χ1v) is 8.71. The number of carboxylic acid groups (broad SMARTS) is 1. The van der Waals surface area contributed by atoms with Gasteiger partial charge in [0.05, 0.1) is 13.0 Å². The number of rotatable bonds is 10. The van der Waals surface area contributed by atoms with Gasteiger partial charge in [0.2, 0.25) is 0 Å². The zero-order chi connectivity index (χ0) is 16.7. The molecule has 4 heteroatoms. The number of hydrogen-bond donors (Lipinski definition) is 1. The predicted molar refractivity (Wildman–Crippen MR) is 92.1 cm³/mol. The van der Waals surface area contributed by atoms with E-state index in [0.717, 1.165) is 37.8 Å². The average Bonchev–Trinajstić information content (AvgIpc) is 2.45. The Kier molecular flexibility index (Phi) is 6.90. The van der Waals surface area contributed by atoms with Gasteiger partial charge >= 0.3 is 5.97 Å². The molecule has 0 aromatic heterocycles. The summed E-state index contributed by atoms with van der Waals surface area (Å²) in [7, 11) is 0. The molecule has 128 valence electrons. The molecule has 1 aliphatic rings. The van der Waals surface area contributed by atoms with Gasteiger partial charge in [-0.15, -0.1) is 0 Å². The van der Waals surface area contributed by atoms with Crippen LogP contribution in [0.2, 0.25) is 0 Å². The minimum atomic E-state index is -0.721. The van der Waals surface area contributed by atoms with E-state index in [1.165, 1.54) is 18.4 Å². The molecule has 1 aliphatic heterocycles. The maximum Gasteiger partial charge on any atom is 0.304 e. The molecule has 0 bridgehead atoms. The Morgan fingerprint density at radius 1 is 1.35 bits per heavy atom. The molecule has 1 heterocycles. The van der Waals surface area contributed by atoms with Crippen LogP contribution in [0.4, 0.5) is 0 Å². The zero-order valence-corrected chi connectivity index (χ0v) is 14.3. The van der Waals surface area contributed by atoms with Crippen molar-refractivity contribution < 1.29 is 14.6 Å². The topological polar surface area (TPSA) is 49.8 Å². The SMILES string of the molecule is CC(C)CCCCOc1cccc(C2CN(CCC(=O)O)C2)c1. The van der Waals surface area contributed by atoms with Gasteiger partial charge in [0.1, 0.15) is 5.75 Å². The van der Waals surface area contributed by atoms with Crippen LogP contribution in [0.1, 0.15) is 51.0 Å². The molecule has 0 radical (unpaired) electrons. The first-order chi connectivity index (χ1) is 11.0. The number of carbonyl (C=O) groups is 1. The van der Waals surface area contributed by atoms with E-state index in [-0.39, 0.29) is 6.42 Å². The molecule has 1 saturated heterocycles. The molecule has 1 aromatic rings. The lowest BCUT2D eigenvalue weighted by atomic mass is 9.91. The summed E-state index contributed by atoms with van der Waals surface area (Å²) in [6, 6.07) is 8.36. The largest absolute Gasteiger partial charge is 0.494 e. The number of likely N-dealkylation sites (tertiary alicyclic amines) is 1. The van der Waals surface area contributed by atoms with Crippen molar-refractivity contribution in [3.63, 3.8) is 0 Å². The van der Waals surface area contributed by atoms with Crippen molar-refractivity contribution in [2.24, 2.45) is 5.92 Å². The fourth-order valence-corrected chi connectivity index (χ4v) is 2.92. The Morgan fingerprint density at radius 2 is 2.13 bits per heavy atom. The molecule has 0 spiro atoms. The minimum absolute atomic E-state index is 0.228. The fourth-order valence-electron chi connectivity index (χ4n) is 2.92. The highest BCUT2D eigenvalue weighted by molar-refractivity contribution is 5.66. The summed E-state index contributed by atoms with van der Waals surface area (Å²) in [5.74, 6) is 1.51. The van der Waals surface area contributed by atoms with Crippen LogP contribution in [0.5, 0.6) is 5.75 Å². The molecule has 0 unspecified atom stereocenters. The fraction of sp³-hybridized carbons (Fsp3) is 0.632. The van der Waals surface area contributed by atoms with Gasteiger partial charge in [-0.1, -0.05) is 32.4 Å². The number of aliphatic carboxylic acids is 1. The molecular weight excluding hydrogens is 290 g/mol. The van der Waals surface area contributed by atoms with Gasteiger partial charge in [-0.05, 0) is 36.5 Å². The van der Waals surface area contributed by atoms with Crippen LogP contribution in [0, 0.1) is 5.92 Å². The van der Waals surface area contributed by atoms with E-state index in [1.54, 1.807) is 0 Å². The highest BCUT2D eigenvalue weighted by atomic mass is 16.5. The minimum Gasteiger partial charge on any atom is -0.494 e. The molecule has 23 heavy (non-hydrogen) atoms. The maximum atomic E-state index is 10.6. The molecule has 0 aliphatic carbocycles. The van der Waals surface area contributed by atoms with Crippen LogP contribution in [0.15, 0.2) is 24.3 Å². The molecule has 0 atom stereocenters. The van der Waals surface area contributed by atoms with E-state index in [1.807, 2.05) is 6.07 Å². The summed E-state index contributed by atoms with van der Waals surface area (Å²) in [6.45, 7) is 7.84. The van der Waals surface area contributed by atoms with Gasteiger partial charge < -0.3 is 14.7 Å². The second-order valence-corrected chi connectivity index (χ2v) is 6.91. The van der Waals surface area contributed by atoms with Crippen LogP contribution in [-0.4, -0.2) is 42.2 Å². The lowest BCUT2D eigenvalue weighted by molar-refractivity contribution is -0.137. The predicted octanol–water partition coefficient (Wildman–Crippen LogP) is 3.77. The third kappa shape index (κ3) is 6.22. The van der Waals surface area contributed by atoms with E-state index < -0.39 is 5.97 Å². The molecule has 4 nitrogen and oxygen atoms in total. The number of carboxylic acids is 1. The average molecular weight is 319 g/mol.